The smallest absolute Gasteiger partial charge is 0.0383 e. The van der Waals surface area contributed by atoms with E-state index in [4.69, 9.17) is 0 Å². The molecule has 0 heterocycles. The van der Waals surface area contributed by atoms with Crippen molar-refractivity contribution in [3.8, 4) is 0 Å². The highest BCUT2D eigenvalue weighted by molar-refractivity contribution is 4.76. The Morgan fingerprint density at radius 3 is 0.906 bits per heavy atom. The minimum atomic E-state index is 0.932. The fraction of sp³-hybridized carbons (Fsp3) is 1.00. The molecule has 194 valence electrons. The normalized spacial score (nSPS) is 15.6. The molecule has 0 aromatic rings. The van der Waals surface area contributed by atoms with Gasteiger partial charge in [0.1, 0.15) is 0 Å². The van der Waals surface area contributed by atoms with Gasteiger partial charge in [-0.05, 0) is 36.5 Å². The van der Waals surface area contributed by atoms with Crippen LogP contribution >= 0.6 is 0 Å². The van der Waals surface area contributed by atoms with Crippen LogP contribution in [0.4, 0.5) is 0 Å². The van der Waals surface area contributed by atoms with E-state index in [0.29, 0.717) is 0 Å². The summed E-state index contributed by atoms with van der Waals surface area (Å²) >= 11 is 0. The van der Waals surface area contributed by atoms with Crippen molar-refractivity contribution >= 4 is 0 Å². The third-order valence-electron chi connectivity index (χ3n) is 8.03. The van der Waals surface area contributed by atoms with Gasteiger partial charge in [0.05, 0.1) is 0 Å². The summed E-state index contributed by atoms with van der Waals surface area (Å²) in [6.45, 7) is 14.5. The van der Waals surface area contributed by atoms with Crippen molar-refractivity contribution < 1.29 is 0 Å². The van der Waals surface area contributed by atoms with Crippen LogP contribution in [0.1, 0.15) is 183 Å². The van der Waals surface area contributed by atoms with Gasteiger partial charge in [0.25, 0.3) is 0 Å². The Bertz CT molecular complexity index is 312. The lowest BCUT2D eigenvalue weighted by atomic mass is 9.74. The third kappa shape index (κ3) is 19.5. The first kappa shape index (κ1) is 32.0. The van der Waals surface area contributed by atoms with Crippen molar-refractivity contribution in [3.63, 3.8) is 0 Å². The minimum absolute atomic E-state index is 0.932. The highest BCUT2D eigenvalue weighted by Gasteiger charge is 2.24. The molecule has 0 aromatic heterocycles. The quantitative estimate of drug-likeness (QED) is 0.121. The van der Waals surface area contributed by atoms with Crippen molar-refractivity contribution in [2.45, 2.75) is 183 Å². The Hall–Kier alpha value is 0. The zero-order chi connectivity index (χ0) is 23.9. The molecule has 4 atom stereocenters. The van der Waals surface area contributed by atoms with E-state index >= 15 is 0 Å². The molecule has 0 radical (unpaired) electrons. The largest absolute Gasteiger partial charge is 0.0654 e. The molecule has 0 aliphatic heterocycles. The van der Waals surface area contributed by atoms with Crippen molar-refractivity contribution in [3.05, 3.63) is 0 Å². The number of unbranched alkanes of at least 4 members (excludes halogenated alkanes) is 12. The van der Waals surface area contributed by atoms with Crippen molar-refractivity contribution in [1.82, 2.24) is 0 Å². The maximum atomic E-state index is 2.58. The van der Waals surface area contributed by atoms with Crippen molar-refractivity contribution in [2.75, 3.05) is 0 Å². The highest BCUT2D eigenvalue weighted by Crippen LogP contribution is 2.36. The summed E-state index contributed by atoms with van der Waals surface area (Å²) in [4.78, 5) is 0. The Balaban J connectivity index is 4.94. The molecule has 0 N–H and O–H groups in total. The first-order valence-corrected chi connectivity index (χ1v) is 15.6. The maximum Gasteiger partial charge on any atom is -0.0383 e. The van der Waals surface area contributed by atoms with Gasteiger partial charge in [0, 0.05) is 0 Å². The van der Waals surface area contributed by atoms with Crippen LogP contribution in [-0.2, 0) is 0 Å². The van der Waals surface area contributed by atoms with E-state index in [1.165, 1.54) is 141 Å². The van der Waals surface area contributed by atoms with Gasteiger partial charge in [0.2, 0.25) is 0 Å². The lowest BCUT2D eigenvalue weighted by molar-refractivity contribution is 0.192. The standard InChI is InChI=1S/C32H66/c1-7-11-15-19-23-29(5)27-31(25-21-17-13-9-3)32(26-22-18-14-10-4)28-30(6)24-20-16-12-8-2/h29-32H,7-28H2,1-6H3. The molecule has 0 nitrogen and oxygen atoms in total. The lowest BCUT2D eigenvalue weighted by Crippen LogP contribution is -2.21. The van der Waals surface area contributed by atoms with E-state index in [9.17, 15) is 0 Å². The molecule has 0 aliphatic carbocycles. The molecule has 0 fully saturated rings. The predicted molar refractivity (Wildman–Crippen MR) is 150 cm³/mol. The summed E-state index contributed by atoms with van der Waals surface area (Å²) in [6, 6.07) is 0. The Kier molecular flexibility index (Phi) is 24.1. The fourth-order valence-electron chi connectivity index (χ4n) is 5.87. The second-order valence-corrected chi connectivity index (χ2v) is 11.6. The molecule has 0 spiro atoms. The molecule has 0 heteroatoms. The van der Waals surface area contributed by atoms with Gasteiger partial charge in [-0.3, -0.25) is 0 Å². The average Bonchev–Trinajstić information content (AvgIpc) is 2.78. The number of hydrogen-bond acceptors (Lipinski definition) is 0. The van der Waals surface area contributed by atoms with E-state index in [1.807, 2.05) is 0 Å². The average molecular weight is 451 g/mol. The van der Waals surface area contributed by atoms with Crippen molar-refractivity contribution in [2.24, 2.45) is 23.7 Å². The van der Waals surface area contributed by atoms with Crippen LogP contribution in [-0.4, -0.2) is 0 Å². The Labute approximate surface area is 206 Å². The predicted octanol–water partition coefficient (Wildman–Crippen LogP) is 12.2. The maximum absolute atomic E-state index is 2.58. The third-order valence-corrected chi connectivity index (χ3v) is 8.03. The van der Waals surface area contributed by atoms with E-state index in [-0.39, 0.29) is 0 Å². The molecular formula is C32H66. The first-order valence-electron chi connectivity index (χ1n) is 15.6. The zero-order valence-electron chi connectivity index (χ0n) is 23.9. The van der Waals surface area contributed by atoms with Crippen LogP contribution in [0.2, 0.25) is 0 Å². The second kappa shape index (κ2) is 24.1. The highest BCUT2D eigenvalue weighted by atomic mass is 14.3. The van der Waals surface area contributed by atoms with Crippen LogP contribution < -0.4 is 0 Å². The molecule has 4 unspecified atom stereocenters. The van der Waals surface area contributed by atoms with Gasteiger partial charge in [-0.25, -0.2) is 0 Å². The second-order valence-electron chi connectivity index (χ2n) is 11.6. The van der Waals surface area contributed by atoms with Gasteiger partial charge >= 0.3 is 0 Å². The molecule has 0 rings (SSSR count). The number of hydrogen-bond donors (Lipinski definition) is 0. The van der Waals surface area contributed by atoms with Gasteiger partial charge in [0.15, 0.2) is 0 Å². The fourth-order valence-corrected chi connectivity index (χ4v) is 5.87. The first-order chi connectivity index (χ1) is 15.6. The van der Waals surface area contributed by atoms with Crippen LogP contribution in [0.5, 0.6) is 0 Å². The monoisotopic (exact) mass is 451 g/mol. The van der Waals surface area contributed by atoms with Crippen LogP contribution in [0.15, 0.2) is 0 Å². The Morgan fingerprint density at radius 2 is 0.625 bits per heavy atom. The zero-order valence-corrected chi connectivity index (χ0v) is 23.9. The molecule has 0 bridgehead atoms. The molecule has 32 heavy (non-hydrogen) atoms. The van der Waals surface area contributed by atoms with Gasteiger partial charge < -0.3 is 0 Å². The van der Waals surface area contributed by atoms with E-state index in [0.717, 1.165) is 23.7 Å². The molecular weight excluding hydrogens is 384 g/mol. The Morgan fingerprint density at radius 1 is 0.344 bits per heavy atom. The number of rotatable bonds is 25. The summed E-state index contributed by atoms with van der Waals surface area (Å²) in [7, 11) is 0. The molecule has 0 amide bonds. The molecule has 0 aromatic carbocycles. The summed E-state index contributed by atoms with van der Waals surface area (Å²) in [5.41, 5.74) is 0. The summed E-state index contributed by atoms with van der Waals surface area (Å²) < 4.78 is 0. The SMILES string of the molecule is CCCCCCC(C)CC(CCCCCC)C(CCCCCC)CC(C)CCCCCC. The molecule has 0 saturated heterocycles. The van der Waals surface area contributed by atoms with Gasteiger partial charge in [-0.15, -0.1) is 0 Å². The van der Waals surface area contributed by atoms with E-state index in [1.54, 1.807) is 0 Å². The minimum Gasteiger partial charge on any atom is -0.0654 e. The van der Waals surface area contributed by atoms with Gasteiger partial charge in [-0.2, -0.15) is 0 Å². The topological polar surface area (TPSA) is 0 Å². The molecule has 0 aliphatic rings. The summed E-state index contributed by atoms with van der Waals surface area (Å²) in [5, 5.41) is 0. The van der Waals surface area contributed by atoms with Gasteiger partial charge in [-0.1, -0.05) is 170 Å². The van der Waals surface area contributed by atoms with E-state index < -0.39 is 0 Å². The van der Waals surface area contributed by atoms with Crippen LogP contribution in [0.3, 0.4) is 0 Å². The van der Waals surface area contributed by atoms with Crippen LogP contribution in [0.25, 0.3) is 0 Å². The summed E-state index contributed by atoms with van der Waals surface area (Å²) in [5.74, 6) is 3.85. The van der Waals surface area contributed by atoms with Crippen molar-refractivity contribution in [1.29, 1.82) is 0 Å². The van der Waals surface area contributed by atoms with E-state index in [2.05, 4.69) is 41.5 Å². The molecule has 0 saturated carbocycles. The van der Waals surface area contributed by atoms with Crippen LogP contribution in [0, 0.1) is 23.7 Å². The summed E-state index contributed by atoms with van der Waals surface area (Å²) in [6.07, 6.45) is 32.0. The lowest BCUT2D eigenvalue weighted by Gasteiger charge is -2.32.